The van der Waals surface area contributed by atoms with Crippen LogP contribution >= 0.6 is 22.6 Å². The highest BCUT2D eigenvalue weighted by atomic mass is 127. The van der Waals surface area contributed by atoms with Gasteiger partial charge in [-0.05, 0) is 31.1 Å². The van der Waals surface area contributed by atoms with Crippen molar-refractivity contribution in [3.8, 4) is 11.5 Å². The fraction of sp³-hybridized carbons (Fsp3) is 0.812. The maximum absolute atomic E-state index is 12.2. The lowest BCUT2D eigenvalue weighted by molar-refractivity contribution is -0.128. The summed E-state index contributed by atoms with van der Waals surface area (Å²) in [6.07, 6.45) is 3.75. The van der Waals surface area contributed by atoms with Crippen LogP contribution in [0.2, 0.25) is 19.6 Å². The fourth-order valence-electron chi connectivity index (χ4n) is 2.81. The minimum atomic E-state index is -1.26. The van der Waals surface area contributed by atoms with Crippen molar-refractivity contribution in [2.24, 2.45) is 11.3 Å². The Morgan fingerprint density at radius 3 is 2.47 bits per heavy atom. The zero-order valence-electron chi connectivity index (χ0n) is 13.2. The van der Waals surface area contributed by atoms with Gasteiger partial charge in [0, 0.05) is 12.8 Å². The van der Waals surface area contributed by atoms with Crippen LogP contribution in [0, 0.1) is 22.8 Å². The molecule has 0 bridgehead atoms. The van der Waals surface area contributed by atoms with Gasteiger partial charge >= 0.3 is 0 Å². The molecule has 1 unspecified atom stereocenters. The Balaban J connectivity index is 2.82. The first kappa shape index (κ1) is 17.2. The molecule has 1 fully saturated rings. The third-order valence-electron chi connectivity index (χ3n) is 4.72. The third kappa shape index (κ3) is 3.84. The van der Waals surface area contributed by atoms with Crippen molar-refractivity contribution in [2.75, 3.05) is 0 Å². The number of ketones is 1. The zero-order valence-corrected chi connectivity index (χ0v) is 16.3. The van der Waals surface area contributed by atoms with Gasteiger partial charge < -0.3 is 0 Å². The van der Waals surface area contributed by atoms with Crippen LogP contribution in [0.1, 0.15) is 46.5 Å². The Bertz CT molecular complexity index is 411. The standard InChI is InChI=1S/C16H27IOSi/c1-13-9-10-14(18)16(3,17)15(13,2)11-7-8-12-19(4,5)6/h13H,7,9-11H2,1-6H3/t13-,15+,16?/m1/s1. The van der Waals surface area contributed by atoms with E-state index in [9.17, 15) is 4.79 Å². The first-order chi connectivity index (χ1) is 8.51. The summed E-state index contributed by atoms with van der Waals surface area (Å²) in [7, 11) is -1.26. The third-order valence-corrected chi connectivity index (χ3v) is 7.48. The molecule has 19 heavy (non-hydrogen) atoms. The second-order valence-electron chi connectivity index (χ2n) is 7.34. The van der Waals surface area contributed by atoms with Crippen molar-refractivity contribution in [1.82, 2.24) is 0 Å². The summed E-state index contributed by atoms with van der Waals surface area (Å²) in [6, 6.07) is 0. The molecule has 0 aromatic carbocycles. The monoisotopic (exact) mass is 390 g/mol. The van der Waals surface area contributed by atoms with Gasteiger partial charge in [-0.2, -0.15) is 0 Å². The molecule has 0 saturated heterocycles. The van der Waals surface area contributed by atoms with Crippen LogP contribution in [0.4, 0.5) is 0 Å². The number of carbonyl (C=O) groups excluding carboxylic acids is 1. The molecule has 3 heteroatoms. The summed E-state index contributed by atoms with van der Waals surface area (Å²) in [5.74, 6) is 4.39. The largest absolute Gasteiger partial charge is 0.298 e. The van der Waals surface area contributed by atoms with Gasteiger partial charge in [0.1, 0.15) is 13.9 Å². The summed E-state index contributed by atoms with van der Waals surface area (Å²) in [6.45, 7) is 13.5. The summed E-state index contributed by atoms with van der Waals surface area (Å²) in [5.41, 5.74) is 3.51. The van der Waals surface area contributed by atoms with Gasteiger partial charge in [0.2, 0.25) is 0 Å². The SMILES string of the molecule is C[C@@H]1CCC(=O)C(C)(I)[C@@]1(C)CCC#C[Si](C)(C)C. The molecule has 0 spiro atoms. The van der Waals surface area contributed by atoms with Crippen LogP contribution in [0.3, 0.4) is 0 Å². The van der Waals surface area contributed by atoms with E-state index < -0.39 is 8.07 Å². The lowest BCUT2D eigenvalue weighted by Crippen LogP contribution is -2.52. The molecule has 108 valence electrons. The Morgan fingerprint density at radius 2 is 1.95 bits per heavy atom. The Morgan fingerprint density at radius 1 is 1.37 bits per heavy atom. The van der Waals surface area contributed by atoms with Crippen LogP contribution in [0.25, 0.3) is 0 Å². The van der Waals surface area contributed by atoms with Gasteiger partial charge in [-0.25, -0.2) is 0 Å². The van der Waals surface area contributed by atoms with Crippen molar-refractivity contribution in [1.29, 1.82) is 0 Å². The molecule has 0 heterocycles. The first-order valence-corrected chi connectivity index (χ1v) is 11.8. The molecular weight excluding hydrogens is 363 g/mol. The van der Waals surface area contributed by atoms with Crippen LogP contribution in [0.5, 0.6) is 0 Å². The van der Waals surface area contributed by atoms with E-state index in [1.165, 1.54) is 0 Å². The molecule has 0 aromatic heterocycles. The molecule has 0 aromatic rings. The quantitative estimate of drug-likeness (QED) is 0.285. The maximum Gasteiger partial charge on any atom is 0.149 e. The number of alkyl halides is 1. The van der Waals surface area contributed by atoms with Gasteiger partial charge in [0.15, 0.2) is 0 Å². The average molecular weight is 390 g/mol. The highest BCUT2D eigenvalue weighted by Crippen LogP contribution is 2.53. The average Bonchev–Trinajstić information content (AvgIpc) is 2.27. The van der Waals surface area contributed by atoms with E-state index in [1.54, 1.807) is 0 Å². The predicted octanol–water partition coefficient (Wildman–Crippen LogP) is 4.85. The molecule has 0 aliphatic heterocycles. The molecule has 1 nitrogen and oxygen atoms in total. The molecule has 0 radical (unpaired) electrons. The number of halogens is 1. The molecule has 1 saturated carbocycles. The van der Waals surface area contributed by atoms with Gasteiger partial charge in [0.25, 0.3) is 0 Å². The van der Waals surface area contributed by atoms with Crippen molar-refractivity contribution in [3.05, 3.63) is 0 Å². The smallest absolute Gasteiger partial charge is 0.149 e. The normalized spacial score (nSPS) is 35.7. The van der Waals surface area contributed by atoms with Gasteiger partial charge in [-0.15, -0.1) is 11.5 Å². The van der Waals surface area contributed by atoms with Crippen molar-refractivity contribution in [3.63, 3.8) is 0 Å². The predicted molar refractivity (Wildman–Crippen MR) is 94.3 cm³/mol. The highest BCUT2D eigenvalue weighted by Gasteiger charge is 2.52. The number of rotatable bonds is 2. The molecule has 1 aliphatic rings. The van der Waals surface area contributed by atoms with Crippen LogP contribution in [-0.2, 0) is 4.79 Å². The Hall–Kier alpha value is 0.177. The molecular formula is C16H27IOSi. The van der Waals surface area contributed by atoms with E-state index >= 15 is 0 Å². The molecule has 1 aliphatic carbocycles. The molecule has 3 atom stereocenters. The van der Waals surface area contributed by atoms with Gasteiger partial charge in [0.05, 0.1) is 3.42 Å². The molecule has 1 rings (SSSR count). The van der Waals surface area contributed by atoms with Crippen molar-refractivity contribution >= 4 is 36.4 Å². The van der Waals surface area contributed by atoms with E-state index in [0.29, 0.717) is 11.7 Å². The number of hydrogen-bond acceptors (Lipinski definition) is 1. The Labute approximate surface area is 133 Å². The highest BCUT2D eigenvalue weighted by molar-refractivity contribution is 14.1. The lowest BCUT2D eigenvalue weighted by atomic mass is 9.60. The first-order valence-electron chi connectivity index (χ1n) is 7.23. The summed E-state index contributed by atoms with van der Waals surface area (Å²) in [4.78, 5) is 12.2. The van der Waals surface area contributed by atoms with E-state index in [4.69, 9.17) is 0 Å². The van der Waals surface area contributed by atoms with Crippen LogP contribution in [-0.4, -0.2) is 17.3 Å². The number of hydrogen-bond donors (Lipinski definition) is 0. The number of carbonyl (C=O) groups is 1. The Kier molecular flexibility index (Phi) is 5.34. The molecule has 0 N–H and O–H groups in total. The van der Waals surface area contributed by atoms with E-state index in [-0.39, 0.29) is 8.84 Å². The van der Waals surface area contributed by atoms with Crippen LogP contribution in [0.15, 0.2) is 0 Å². The van der Waals surface area contributed by atoms with Crippen molar-refractivity contribution < 1.29 is 4.79 Å². The fourth-order valence-corrected chi connectivity index (χ4v) is 4.54. The number of Topliss-reactive ketones (excluding diaryl/α,β-unsaturated/α-hetero) is 1. The second kappa shape index (κ2) is 5.89. The zero-order chi connectivity index (χ0) is 14.9. The van der Waals surface area contributed by atoms with Gasteiger partial charge in [-0.1, -0.05) is 56.1 Å². The minimum Gasteiger partial charge on any atom is -0.298 e. The summed E-state index contributed by atoms with van der Waals surface area (Å²) < 4.78 is -0.233. The van der Waals surface area contributed by atoms with E-state index in [2.05, 4.69) is 74.5 Å². The van der Waals surface area contributed by atoms with E-state index in [0.717, 1.165) is 25.7 Å². The minimum absolute atomic E-state index is 0.0804. The van der Waals surface area contributed by atoms with Crippen LogP contribution < -0.4 is 0 Å². The maximum atomic E-state index is 12.2. The summed E-state index contributed by atoms with van der Waals surface area (Å²) >= 11 is 2.39. The summed E-state index contributed by atoms with van der Waals surface area (Å²) in [5, 5.41) is 0. The lowest BCUT2D eigenvalue weighted by Gasteiger charge is -2.49. The molecule has 0 amide bonds. The second-order valence-corrected chi connectivity index (χ2v) is 14.2. The van der Waals surface area contributed by atoms with Gasteiger partial charge in [-0.3, -0.25) is 4.79 Å². The van der Waals surface area contributed by atoms with E-state index in [1.807, 2.05) is 0 Å². The van der Waals surface area contributed by atoms with Crippen molar-refractivity contribution in [2.45, 2.75) is 69.5 Å². The topological polar surface area (TPSA) is 17.1 Å².